The zero-order chi connectivity index (χ0) is 91.8. The quantitative estimate of drug-likeness (QED) is 0.0206. The number of halogens is 1. The topological polar surface area (TPSA) is 357 Å². The molecular formula is C102H105ClN22O7. The summed E-state index contributed by atoms with van der Waals surface area (Å²) < 4.78 is 14.6. The van der Waals surface area contributed by atoms with E-state index in [1.54, 1.807) is 6.20 Å². The maximum absolute atomic E-state index is 12.7. The Hall–Kier alpha value is -14.4. The second kappa shape index (κ2) is 39.9. The fourth-order valence-electron chi connectivity index (χ4n) is 17.1. The van der Waals surface area contributed by atoms with E-state index >= 15 is 0 Å². The number of anilines is 6. The minimum Gasteiger partial charge on any atom is -0.490 e. The molecule has 7 aliphatic rings. The monoisotopic (exact) mass is 1780 g/mol. The minimum atomic E-state index is -0.684. The van der Waals surface area contributed by atoms with Crippen LogP contribution in [0, 0.1) is 48.5 Å². The van der Waals surface area contributed by atoms with E-state index in [2.05, 4.69) is 233 Å². The molecule has 13 aromatic rings. The Morgan fingerprint density at radius 1 is 0.409 bits per heavy atom. The number of hydrogen-bond donors (Lipinski definition) is 8. The third-order valence-corrected chi connectivity index (χ3v) is 24.6. The SMILES string of the molecule is C=c1nc2c(c(=O)[nH]1)=Nc1cc(C)c(C)cc1N2CCNCc1ccc(C)cc1.C=c1nc2c(c(=O)[nH]1)=Nc1cc(C)c(C)cc1N2CCNCc1cnc2ccccc2n1.C=c1nc2c(c(=O)[nH]1)=Nc1cc(C)c(OC3CCCC3)cc1N2CCNCc1ccc2ccccc2c1.Cc1cc2nc3c(=O)[nH]c(=O)nc-3n(CCNCc3ccc(Cl)cc3)c2cc1OC1CCCC1. The molecule has 132 heavy (non-hydrogen) atoms. The van der Waals surface area contributed by atoms with Crippen molar-refractivity contribution in [2.45, 2.75) is 145 Å². The predicted molar refractivity (Wildman–Crippen MR) is 521 cm³/mol. The van der Waals surface area contributed by atoms with Crippen molar-refractivity contribution in [2.24, 2.45) is 15.0 Å². The average molecular weight is 1790 g/mol. The van der Waals surface area contributed by atoms with Crippen LogP contribution < -0.4 is 106 Å². The summed E-state index contributed by atoms with van der Waals surface area (Å²) in [6.07, 6.45) is 11.4. The van der Waals surface area contributed by atoms with Gasteiger partial charge in [-0.25, -0.2) is 44.7 Å². The zero-order valence-corrected chi connectivity index (χ0v) is 75.8. The standard InChI is InChI=1S/C30H31N5O2.C25H26ClN5O3.C24H23N7O.C23H25N5O/c1-19-15-25-26(17-27(19)37-24-9-5-6-10-24)35(29-28(34-25)30(36)33-20(2)32-29)14-13-31-18-21-11-12-22-7-3-4-8-23(22)16-21;1-15-12-19-20(13-21(15)34-18-4-2-3-5-18)31(23-22(28-19)24(32)30-25(33)29-23)11-10-27-14-16-6-8-17(26)9-7-16;1-14-10-20-21(11-15(14)2)31(23-22(30-20)24(32)28-16(3)27-23)9-8-25-12-17-13-26-18-6-4-5-7-19(18)29-17;1-14-5-7-18(8-6-14)13-24-9-10-28-20-12-16(3)15(2)11-19(20)27-21-22(28)25-17(4)26-23(21)29/h3-4,7-8,11-12,15-17,24,31H,2,5-6,9-10,13-14,18H2,1H3,(H,33,36);6-9,12-13,18,27H,2-5,10-11,14H2,1H3,(H,30,32,33);4-7,10-11,13,25H,3,8-9,12H2,1-2H3,(H,28,32);5-8,11-12,24H,4,9-10,13H2,1-3H3,(H,26,29). The zero-order valence-electron chi connectivity index (χ0n) is 75.1. The van der Waals surface area contributed by atoms with E-state index < -0.39 is 11.2 Å². The fourth-order valence-corrected chi connectivity index (χ4v) is 17.2. The van der Waals surface area contributed by atoms with Gasteiger partial charge in [0.05, 0.1) is 80.3 Å². The lowest BCUT2D eigenvalue weighted by Crippen LogP contribution is -2.43. The number of hydrogen-bond acceptors (Lipinski definition) is 24. The van der Waals surface area contributed by atoms with Gasteiger partial charge in [-0.2, -0.15) is 4.98 Å². The summed E-state index contributed by atoms with van der Waals surface area (Å²) >= 11 is 5.97. The van der Waals surface area contributed by atoms with Crippen molar-refractivity contribution in [3.8, 4) is 23.0 Å². The number of H-pyrrole nitrogens is 4. The summed E-state index contributed by atoms with van der Waals surface area (Å²) in [6, 6.07) is 55.1. The predicted octanol–water partition coefficient (Wildman–Crippen LogP) is 12.0. The van der Waals surface area contributed by atoms with E-state index in [0.29, 0.717) is 119 Å². The first-order valence-corrected chi connectivity index (χ1v) is 45.2. The van der Waals surface area contributed by atoms with Gasteiger partial charge < -0.3 is 65.0 Å². The number of aryl methyl sites for hydroxylation is 7. The van der Waals surface area contributed by atoms with E-state index in [4.69, 9.17) is 21.1 Å². The number of fused-ring (bicyclic) bond motifs is 10. The van der Waals surface area contributed by atoms with Crippen molar-refractivity contribution >= 4 is 116 Å². The highest BCUT2D eigenvalue weighted by Gasteiger charge is 2.30. The molecule has 0 radical (unpaired) electrons. The molecule has 9 heterocycles. The number of aromatic amines is 4. The number of nitrogens with one attached hydrogen (secondary N) is 8. The second-order valence-electron chi connectivity index (χ2n) is 34.1. The van der Waals surface area contributed by atoms with Crippen molar-refractivity contribution in [3.05, 3.63) is 321 Å². The van der Waals surface area contributed by atoms with Gasteiger partial charge in [0.15, 0.2) is 45.0 Å². The first-order chi connectivity index (χ1) is 63.9. The lowest BCUT2D eigenvalue weighted by Gasteiger charge is -2.29. The molecule has 2 saturated carbocycles. The van der Waals surface area contributed by atoms with Crippen LogP contribution in [-0.4, -0.2) is 117 Å². The molecule has 20 rings (SSSR count). The van der Waals surface area contributed by atoms with Crippen LogP contribution in [0.2, 0.25) is 5.02 Å². The molecule has 9 aromatic carbocycles. The molecule has 29 nitrogen and oxygen atoms in total. The normalized spacial score (nSPS) is 13.6. The van der Waals surface area contributed by atoms with Crippen LogP contribution in [0.25, 0.3) is 64.1 Å². The molecule has 0 atom stereocenters. The number of rotatable bonds is 24. The van der Waals surface area contributed by atoms with Crippen molar-refractivity contribution in [1.82, 2.24) is 80.7 Å². The summed E-state index contributed by atoms with van der Waals surface area (Å²) in [5.74, 6) is 3.57. The summed E-state index contributed by atoms with van der Waals surface area (Å²) in [5, 5.41) is 18.0. The van der Waals surface area contributed by atoms with E-state index in [-0.39, 0.29) is 40.4 Å². The van der Waals surface area contributed by atoms with Crippen molar-refractivity contribution < 1.29 is 9.47 Å². The first kappa shape index (κ1) is 89.6. The van der Waals surface area contributed by atoms with Crippen LogP contribution in [0.1, 0.15) is 113 Å². The van der Waals surface area contributed by atoms with E-state index in [0.717, 1.165) is 147 Å². The van der Waals surface area contributed by atoms with Gasteiger partial charge in [-0.1, -0.05) is 122 Å². The van der Waals surface area contributed by atoms with Crippen LogP contribution in [0.15, 0.2) is 209 Å². The second-order valence-corrected chi connectivity index (χ2v) is 34.6. The minimum absolute atomic E-state index is 0.147. The van der Waals surface area contributed by atoms with Gasteiger partial charge in [0, 0.05) is 95.7 Å². The molecule has 0 spiro atoms. The van der Waals surface area contributed by atoms with Crippen LogP contribution in [0.5, 0.6) is 11.5 Å². The van der Waals surface area contributed by atoms with Gasteiger partial charge in [0.25, 0.3) is 22.2 Å². The molecule has 30 heteroatoms. The van der Waals surface area contributed by atoms with Gasteiger partial charge in [0.2, 0.25) is 0 Å². The Labute approximate surface area is 765 Å². The third kappa shape index (κ3) is 20.6. The molecule has 0 amide bonds. The summed E-state index contributed by atoms with van der Waals surface area (Å²) in [6.45, 7) is 33.7. The molecule has 0 unspecified atom stereocenters. The van der Waals surface area contributed by atoms with Crippen LogP contribution in [0.3, 0.4) is 0 Å². The number of nitrogens with zero attached hydrogens (tertiary/aromatic N) is 14. The molecule has 2 fully saturated rings. The molecule has 4 aromatic heterocycles. The van der Waals surface area contributed by atoms with Crippen molar-refractivity contribution in [2.75, 3.05) is 60.5 Å². The molecule has 8 N–H and O–H groups in total. The Balaban J connectivity index is 0.000000123. The van der Waals surface area contributed by atoms with Gasteiger partial charge in [-0.3, -0.25) is 29.1 Å². The Morgan fingerprint density at radius 3 is 1.39 bits per heavy atom. The lowest BCUT2D eigenvalue weighted by atomic mass is 10.1. The summed E-state index contributed by atoms with van der Waals surface area (Å²) in [4.78, 5) is 124. The highest BCUT2D eigenvalue weighted by molar-refractivity contribution is 6.30. The van der Waals surface area contributed by atoms with E-state index in [1.165, 1.54) is 58.7 Å². The van der Waals surface area contributed by atoms with Gasteiger partial charge in [-0.05, 0) is 227 Å². The van der Waals surface area contributed by atoms with Gasteiger partial charge >= 0.3 is 5.69 Å². The van der Waals surface area contributed by atoms with Crippen LogP contribution >= 0.6 is 11.6 Å². The first-order valence-electron chi connectivity index (χ1n) is 44.8. The molecule has 0 saturated heterocycles. The maximum atomic E-state index is 12.7. The van der Waals surface area contributed by atoms with Crippen LogP contribution in [-0.2, 0) is 32.7 Å². The van der Waals surface area contributed by atoms with Gasteiger partial charge in [-0.15, -0.1) is 0 Å². The Kier molecular flexibility index (Phi) is 27.1. The lowest BCUT2D eigenvalue weighted by molar-refractivity contribution is 0.208. The van der Waals surface area contributed by atoms with E-state index in [9.17, 15) is 24.0 Å². The number of benzene rings is 9. The third-order valence-electron chi connectivity index (χ3n) is 24.4. The van der Waals surface area contributed by atoms with Crippen molar-refractivity contribution in [3.63, 3.8) is 0 Å². The highest BCUT2D eigenvalue weighted by atomic mass is 35.5. The number of ether oxygens (including phenoxy) is 2. The maximum Gasteiger partial charge on any atom is 0.349 e. The smallest absolute Gasteiger partial charge is 0.349 e. The molecule has 5 aliphatic heterocycles. The highest BCUT2D eigenvalue weighted by Crippen LogP contribution is 2.42. The summed E-state index contributed by atoms with van der Waals surface area (Å²) in [5.41, 5.74) is 19.7. The Morgan fingerprint density at radius 2 is 0.848 bits per heavy atom. The average Bonchev–Trinajstić information content (AvgIpc) is 0.796. The largest absolute Gasteiger partial charge is 0.490 e. The molecular weight excluding hydrogens is 1680 g/mol. The molecule has 672 valence electrons. The molecule has 2 aliphatic carbocycles. The fraction of sp³-hybridized carbons (Fsp3) is 0.284. The summed E-state index contributed by atoms with van der Waals surface area (Å²) in [7, 11) is 0. The van der Waals surface area contributed by atoms with Crippen molar-refractivity contribution in [1.29, 1.82) is 0 Å². The number of aromatic nitrogens is 12. The number of para-hydroxylation sites is 2. The molecule has 0 bridgehead atoms. The Bertz CT molecular complexity index is 7560. The van der Waals surface area contributed by atoms with Gasteiger partial charge in [0.1, 0.15) is 27.9 Å². The van der Waals surface area contributed by atoms with Crippen LogP contribution in [0.4, 0.5) is 51.6 Å². The van der Waals surface area contributed by atoms with E-state index in [1.807, 2.05) is 109 Å².